The van der Waals surface area contributed by atoms with Crippen molar-refractivity contribution in [3.63, 3.8) is 0 Å². The van der Waals surface area contributed by atoms with Crippen LogP contribution in [0.4, 0.5) is 0 Å². The number of H-pyrrole nitrogens is 2. The molecule has 0 radical (unpaired) electrons. The highest BCUT2D eigenvalue weighted by Crippen LogP contribution is 1.95. The van der Waals surface area contributed by atoms with E-state index in [9.17, 15) is 9.59 Å². The van der Waals surface area contributed by atoms with Crippen molar-refractivity contribution in [1.82, 2.24) is 15.3 Å². The second-order valence-electron chi connectivity index (χ2n) is 3.36. The van der Waals surface area contributed by atoms with Crippen molar-refractivity contribution in [2.24, 2.45) is 0 Å². The van der Waals surface area contributed by atoms with E-state index in [0.29, 0.717) is 11.6 Å². The molecule has 0 bridgehead atoms. The molecule has 0 aliphatic rings. The van der Waals surface area contributed by atoms with E-state index in [1.165, 1.54) is 6.20 Å². The van der Waals surface area contributed by atoms with Gasteiger partial charge in [0, 0.05) is 12.2 Å². The summed E-state index contributed by atoms with van der Waals surface area (Å²) in [6.07, 6.45) is 5.82. The summed E-state index contributed by atoms with van der Waals surface area (Å²) in [6, 6.07) is 0.364. The van der Waals surface area contributed by atoms with Crippen LogP contribution in [0.1, 0.15) is 18.9 Å². The average Bonchev–Trinajstić information content (AvgIpc) is 2.21. The molecule has 82 valence electrons. The van der Waals surface area contributed by atoms with Crippen LogP contribution in [0.5, 0.6) is 0 Å². The van der Waals surface area contributed by atoms with Crippen LogP contribution in [0.3, 0.4) is 0 Å². The molecule has 1 unspecified atom stereocenters. The maximum Gasteiger partial charge on any atom is 0.325 e. The molecule has 0 fully saturated rings. The predicted molar refractivity (Wildman–Crippen MR) is 59.9 cm³/mol. The van der Waals surface area contributed by atoms with Crippen molar-refractivity contribution in [2.45, 2.75) is 19.4 Å². The fourth-order valence-corrected chi connectivity index (χ4v) is 1.06. The van der Waals surface area contributed by atoms with Gasteiger partial charge < -0.3 is 10.3 Å². The van der Waals surface area contributed by atoms with Crippen LogP contribution in [-0.2, 0) is 0 Å². The first-order valence-electron chi connectivity index (χ1n) is 4.79. The Morgan fingerprint density at radius 3 is 2.87 bits per heavy atom. The molecule has 1 rings (SSSR count). The molecule has 0 saturated heterocycles. The molecule has 1 aromatic rings. The monoisotopic (exact) mass is 209 g/mol. The molecule has 0 aliphatic heterocycles. The second-order valence-corrected chi connectivity index (χ2v) is 3.36. The van der Waals surface area contributed by atoms with E-state index in [2.05, 4.69) is 15.3 Å². The summed E-state index contributed by atoms with van der Waals surface area (Å²) < 4.78 is 0. The number of aromatic nitrogens is 2. The van der Waals surface area contributed by atoms with Gasteiger partial charge in [-0.3, -0.25) is 9.78 Å². The van der Waals surface area contributed by atoms with Gasteiger partial charge >= 0.3 is 5.69 Å². The first kappa shape index (κ1) is 11.5. The van der Waals surface area contributed by atoms with Gasteiger partial charge in [0.15, 0.2) is 0 Å². The highest BCUT2D eigenvalue weighted by molar-refractivity contribution is 5.45. The SMILES string of the molecule is CNC(C)CC=Cc1c[nH]c(=O)[nH]c1=O. The van der Waals surface area contributed by atoms with Crippen LogP contribution < -0.4 is 16.6 Å². The van der Waals surface area contributed by atoms with Gasteiger partial charge in [0.25, 0.3) is 5.56 Å². The van der Waals surface area contributed by atoms with Gasteiger partial charge in [0.1, 0.15) is 0 Å². The van der Waals surface area contributed by atoms with Crippen LogP contribution in [0.15, 0.2) is 21.9 Å². The van der Waals surface area contributed by atoms with Gasteiger partial charge in [0.05, 0.1) is 5.56 Å². The summed E-state index contributed by atoms with van der Waals surface area (Å²) in [5, 5.41) is 3.08. The van der Waals surface area contributed by atoms with E-state index in [1.807, 2.05) is 20.0 Å². The number of aromatic amines is 2. The van der Waals surface area contributed by atoms with Crippen molar-refractivity contribution in [3.8, 4) is 0 Å². The maximum absolute atomic E-state index is 11.2. The fraction of sp³-hybridized carbons (Fsp3) is 0.400. The standard InChI is InChI=1S/C10H15N3O2/c1-7(11-2)4-3-5-8-6-12-10(15)13-9(8)14/h3,5-7,11H,4H2,1-2H3,(H2,12,13,14,15). The van der Waals surface area contributed by atoms with E-state index < -0.39 is 5.69 Å². The molecular formula is C10H15N3O2. The minimum Gasteiger partial charge on any atom is -0.317 e. The van der Waals surface area contributed by atoms with Crippen LogP contribution in [0.2, 0.25) is 0 Å². The Morgan fingerprint density at radius 2 is 2.27 bits per heavy atom. The van der Waals surface area contributed by atoms with Crippen LogP contribution >= 0.6 is 0 Å². The van der Waals surface area contributed by atoms with Gasteiger partial charge in [0.2, 0.25) is 0 Å². The van der Waals surface area contributed by atoms with Crippen LogP contribution in [-0.4, -0.2) is 23.1 Å². The molecule has 0 aromatic carbocycles. The third-order valence-corrected chi connectivity index (χ3v) is 2.13. The number of hydrogen-bond acceptors (Lipinski definition) is 3. The molecule has 5 heteroatoms. The molecule has 0 saturated carbocycles. The minimum absolute atomic E-state index is 0.364. The van der Waals surface area contributed by atoms with E-state index in [1.54, 1.807) is 6.08 Å². The lowest BCUT2D eigenvalue weighted by Gasteiger charge is -2.04. The van der Waals surface area contributed by atoms with Gasteiger partial charge in [-0.1, -0.05) is 12.2 Å². The van der Waals surface area contributed by atoms with Crippen LogP contribution in [0, 0.1) is 0 Å². The number of hydrogen-bond donors (Lipinski definition) is 3. The number of rotatable bonds is 4. The summed E-state index contributed by atoms with van der Waals surface area (Å²) in [4.78, 5) is 26.5. The van der Waals surface area contributed by atoms with E-state index >= 15 is 0 Å². The zero-order valence-corrected chi connectivity index (χ0v) is 8.83. The van der Waals surface area contributed by atoms with Gasteiger partial charge in [-0.05, 0) is 20.4 Å². The summed E-state index contributed by atoms with van der Waals surface area (Å²) >= 11 is 0. The average molecular weight is 209 g/mol. The smallest absolute Gasteiger partial charge is 0.317 e. The zero-order valence-electron chi connectivity index (χ0n) is 8.83. The largest absolute Gasteiger partial charge is 0.325 e. The quantitative estimate of drug-likeness (QED) is 0.657. The molecule has 5 nitrogen and oxygen atoms in total. The van der Waals surface area contributed by atoms with E-state index in [0.717, 1.165) is 6.42 Å². The lowest BCUT2D eigenvalue weighted by molar-refractivity contribution is 0.621. The Labute approximate surface area is 87.2 Å². The molecule has 3 N–H and O–H groups in total. The summed E-state index contributed by atoms with van der Waals surface area (Å²) in [5.74, 6) is 0. The normalized spacial score (nSPS) is 13.2. The summed E-state index contributed by atoms with van der Waals surface area (Å²) in [5.41, 5.74) is -0.397. The maximum atomic E-state index is 11.2. The second kappa shape index (κ2) is 5.31. The fourth-order valence-electron chi connectivity index (χ4n) is 1.06. The molecule has 0 spiro atoms. The van der Waals surface area contributed by atoms with Gasteiger partial charge in [-0.2, -0.15) is 0 Å². The molecule has 0 amide bonds. The molecular weight excluding hydrogens is 194 g/mol. The number of nitrogens with one attached hydrogen (secondary N) is 3. The summed E-state index contributed by atoms with van der Waals surface area (Å²) in [6.45, 7) is 2.04. The van der Waals surface area contributed by atoms with E-state index in [-0.39, 0.29) is 5.56 Å². The van der Waals surface area contributed by atoms with E-state index in [4.69, 9.17) is 0 Å². The highest BCUT2D eigenvalue weighted by Gasteiger charge is 1.96. The molecule has 1 heterocycles. The first-order valence-corrected chi connectivity index (χ1v) is 4.79. The summed E-state index contributed by atoms with van der Waals surface area (Å²) in [7, 11) is 1.88. The van der Waals surface area contributed by atoms with Crippen molar-refractivity contribution >= 4 is 6.08 Å². The molecule has 0 aliphatic carbocycles. The van der Waals surface area contributed by atoms with Gasteiger partial charge in [-0.15, -0.1) is 0 Å². The highest BCUT2D eigenvalue weighted by atomic mass is 16.2. The third-order valence-electron chi connectivity index (χ3n) is 2.13. The third kappa shape index (κ3) is 3.55. The van der Waals surface area contributed by atoms with Crippen molar-refractivity contribution in [1.29, 1.82) is 0 Å². The Morgan fingerprint density at radius 1 is 1.53 bits per heavy atom. The first-order chi connectivity index (χ1) is 7.13. The molecule has 15 heavy (non-hydrogen) atoms. The Hall–Kier alpha value is -1.62. The zero-order chi connectivity index (χ0) is 11.3. The topological polar surface area (TPSA) is 77.8 Å². The Bertz CT molecular complexity index is 444. The lowest BCUT2D eigenvalue weighted by Crippen LogP contribution is -2.23. The molecule has 1 atom stereocenters. The minimum atomic E-state index is -0.485. The lowest BCUT2D eigenvalue weighted by atomic mass is 10.2. The Kier molecular flexibility index (Phi) is 4.05. The van der Waals surface area contributed by atoms with Crippen molar-refractivity contribution < 1.29 is 0 Å². The van der Waals surface area contributed by atoms with Crippen molar-refractivity contribution in [3.05, 3.63) is 38.7 Å². The predicted octanol–water partition coefficient (Wildman–Crippen LogP) is 0.0744. The van der Waals surface area contributed by atoms with Crippen LogP contribution in [0.25, 0.3) is 6.08 Å². The van der Waals surface area contributed by atoms with Gasteiger partial charge in [-0.25, -0.2) is 4.79 Å². The Balaban J connectivity index is 2.73. The van der Waals surface area contributed by atoms with Crippen molar-refractivity contribution in [2.75, 3.05) is 7.05 Å². The molecule has 1 aromatic heterocycles.